The Hall–Kier alpha value is -0.590. The molecule has 3 nitrogen and oxygen atoms in total. The lowest BCUT2D eigenvalue weighted by molar-refractivity contribution is 0.175. The van der Waals surface area contributed by atoms with Gasteiger partial charge in [-0.2, -0.15) is 5.26 Å². The highest BCUT2D eigenvalue weighted by atomic mass is 16.5. The Morgan fingerprint density at radius 1 is 1.64 bits per heavy atom. The van der Waals surface area contributed by atoms with Crippen LogP contribution in [0.15, 0.2) is 0 Å². The highest BCUT2D eigenvalue weighted by Gasteiger charge is 2.05. The third-order valence-corrected chi connectivity index (χ3v) is 1.71. The molecule has 0 aliphatic carbocycles. The first-order valence-corrected chi connectivity index (χ1v) is 3.81. The zero-order valence-corrected chi connectivity index (χ0v) is 7.50. The highest BCUT2D eigenvalue weighted by Crippen LogP contribution is 1.94. The van der Waals surface area contributed by atoms with Crippen molar-refractivity contribution in [3.8, 4) is 6.07 Å². The fourth-order valence-corrected chi connectivity index (χ4v) is 0.750. The zero-order valence-electron chi connectivity index (χ0n) is 7.50. The second-order valence-electron chi connectivity index (χ2n) is 2.63. The van der Waals surface area contributed by atoms with E-state index in [1.54, 1.807) is 7.11 Å². The monoisotopic (exact) mass is 156 g/mol. The van der Waals surface area contributed by atoms with Gasteiger partial charge in [0, 0.05) is 20.3 Å². The first-order chi connectivity index (χ1) is 5.22. The van der Waals surface area contributed by atoms with E-state index in [0.717, 1.165) is 19.6 Å². The summed E-state index contributed by atoms with van der Waals surface area (Å²) in [6.07, 6.45) is 0.985. The summed E-state index contributed by atoms with van der Waals surface area (Å²) in [4.78, 5) is 2.01. The minimum atomic E-state index is 0.00635. The number of nitriles is 1. The van der Waals surface area contributed by atoms with Gasteiger partial charge in [-0.05, 0) is 20.4 Å². The molecule has 0 aromatic rings. The van der Waals surface area contributed by atoms with E-state index >= 15 is 0 Å². The molecule has 0 saturated carbocycles. The highest BCUT2D eigenvalue weighted by molar-refractivity contribution is 4.86. The second-order valence-corrected chi connectivity index (χ2v) is 2.63. The van der Waals surface area contributed by atoms with Crippen LogP contribution in [0.2, 0.25) is 0 Å². The van der Waals surface area contributed by atoms with Gasteiger partial charge >= 0.3 is 0 Å². The Labute approximate surface area is 68.6 Å². The number of methoxy groups -OCH3 is 1. The topological polar surface area (TPSA) is 36.3 Å². The van der Waals surface area contributed by atoms with E-state index < -0.39 is 0 Å². The van der Waals surface area contributed by atoms with Crippen molar-refractivity contribution in [1.82, 2.24) is 4.90 Å². The molecule has 0 N–H and O–H groups in total. The van der Waals surface area contributed by atoms with Crippen molar-refractivity contribution in [2.24, 2.45) is 0 Å². The van der Waals surface area contributed by atoms with Crippen molar-refractivity contribution in [2.45, 2.75) is 19.4 Å². The lowest BCUT2D eigenvalue weighted by Crippen LogP contribution is -2.29. The van der Waals surface area contributed by atoms with Crippen LogP contribution in [0.1, 0.15) is 13.3 Å². The Morgan fingerprint density at radius 3 is 2.73 bits per heavy atom. The smallest absolute Gasteiger partial charge is 0.0946 e. The van der Waals surface area contributed by atoms with Gasteiger partial charge in [0.2, 0.25) is 0 Å². The van der Waals surface area contributed by atoms with E-state index in [4.69, 9.17) is 10.00 Å². The molecule has 0 bridgehead atoms. The van der Waals surface area contributed by atoms with Crippen LogP contribution in [0.4, 0.5) is 0 Å². The maximum absolute atomic E-state index is 8.54. The molecule has 0 saturated heterocycles. The van der Waals surface area contributed by atoms with E-state index in [1.165, 1.54) is 0 Å². The molecule has 0 aromatic carbocycles. The second kappa shape index (κ2) is 6.14. The summed E-state index contributed by atoms with van der Waals surface area (Å²) in [5.74, 6) is 0. The fraction of sp³-hybridized carbons (Fsp3) is 0.875. The van der Waals surface area contributed by atoms with Crippen LogP contribution in [-0.4, -0.2) is 38.3 Å². The minimum absolute atomic E-state index is 0.00635. The minimum Gasteiger partial charge on any atom is -0.385 e. The Morgan fingerprint density at radius 2 is 2.27 bits per heavy atom. The summed E-state index contributed by atoms with van der Waals surface area (Å²) in [7, 11) is 3.64. The average molecular weight is 156 g/mol. The summed E-state index contributed by atoms with van der Waals surface area (Å²) in [5.41, 5.74) is 0. The summed E-state index contributed by atoms with van der Waals surface area (Å²) in [5, 5.41) is 8.54. The standard InChI is InChI=1S/C8H16N2O/c1-8(7-9)10(2)5-4-6-11-3/h8H,4-6H2,1-3H3. The Balaban J connectivity index is 3.37. The Bertz CT molecular complexity index is 131. The number of nitrogens with zero attached hydrogens (tertiary/aromatic N) is 2. The van der Waals surface area contributed by atoms with Crippen molar-refractivity contribution in [1.29, 1.82) is 5.26 Å². The number of hydrogen-bond acceptors (Lipinski definition) is 3. The van der Waals surface area contributed by atoms with E-state index in [9.17, 15) is 0 Å². The summed E-state index contributed by atoms with van der Waals surface area (Å²) in [6, 6.07) is 2.18. The SMILES string of the molecule is COCCCN(C)C(C)C#N. The van der Waals surface area contributed by atoms with Crippen LogP contribution in [0.5, 0.6) is 0 Å². The molecule has 0 fully saturated rings. The van der Waals surface area contributed by atoms with Crippen LogP contribution < -0.4 is 0 Å². The maximum Gasteiger partial charge on any atom is 0.0946 e. The zero-order chi connectivity index (χ0) is 8.69. The van der Waals surface area contributed by atoms with Crippen LogP contribution >= 0.6 is 0 Å². The summed E-state index contributed by atoms with van der Waals surface area (Å²) in [6.45, 7) is 3.58. The molecule has 0 rings (SSSR count). The quantitative estimate of drug-likeness (QED) is 0.554. The average Bonchev–Trinajstić information content (AvgIpc) is 2.03. The first kappa shape index (κ1) is 10.4. The van der Waals surface area contributed by atoms with Crippen molar-refractivity contribution >= 4 is 0 Å². The molecule has 0 spiro atoms. The molecular formula is C8H16N2O. The van der Waals surface area contributed by atoms with Crippen molar-refractivity contribution in [3.05, 3.63) is 0 Å². The van der Waals surface area contributed by atoms with Gasteiger partial charge in [0.05, 0.1) is 12.1 Å². The predicted molar refractivity (Wildman–Crippen MR) is 44.2 cm³/mol. The van der Waals surface area contributed by atoms with Gasteiger partial charge < -0.3 is 4.74 Å². The molecule has 0 amide bonds. The van der Waals surface area contributed by atoms with Crippen LogP contribution in [0.3, 0.4) is 0 Å². The third kappa shape index (κ3) is 4.77. The number of rotatable bonds is 5. The molecule has 0 aliphatic rings. The Kier molecular flexibility index (Phi) is 5.81. The van der Waals surface area contributed by atoms with Crippen molar-refractivity contribution in [3.63, 3.8) is 0 Å². The maximum atomic E-state index is 8.54. The first-order valence-electron chi connectivity index (χ1n) is 3.81. The molecule has 3 heteroatoms. The van der Waals surface area contributed by atoms with Gasteiger partial charge in [-0.3, -0.25) is 4.90 Å². The molecule has 1 unspecified atom stereocenters. The molecule has 0 heterocycles. The third-order valence-electron chi connectivity index (χ3n) is 1.71. The molecule has 11 heavy (non-hydrogen) atoms. The van der Waals surface area contributed by atoms with Gasteiger partial charge in [0.15, 0.2) is 0 Å². The van der Waals surface area contributed by atoms with Crippen LogP contribution in [0.25, 0.3) is 0 Å². The van der Waals surface area contributed by atoms with Crippen molar-refractivity contribution in [2.75, 3.05) is 27.3 Å². The molecule has 0 aromatic heterocycles. The molecule has 0 radical (unpaired) electrons. The van der Waals surface area contributed by atoms with Gasteiger partial charge in [0.1, 0.15) is 0 Å². The largest absolute Gasteiger partial charge is 0.385 e. The van der Waals surface area contributed by atoms with Crippen LogP contribution in [0, 0.1) is 11.3 Å². The van der Waals surface area contributed by atoms with Gasteiger partial charge in [-0.25, -0.2) is 0 Å². The molecular weight excluding hydrogens is 140 g/mol. The van der Waals surface area contributed by atoms with E-state index in [0.29, 0.717) is 0 Å². The fourth-order valence-electron chi connectivity index (χ4n) is 0.750. The van der Waals surface area contributed by atoms with Crippen LogP contribution in [-0.2, 0) is 4.74 Å². The van der Waals surface area contributed by atoms with Crippen molar-refractivity contribution < 1.29 is 4.74 Å². The molecule has 1 atom stereocenters. The summed E-state index contributed by atoms with van der Waals surface area (Å²) < 4.78 is 4.90. The van der Waals surface area contributed by atoms with E-state index in [-0.39, 0.29) is 6.04 Å². The number of hydrogen-bond donors (Lipinski definition) is 0. The molecule has 0 aliphatic heterocycles. The van der Waals surface area contributed by atoms with Gasteiger partial charge in [-0.1, -0.05) is 0 Å². The van der Waals surface area contributed by atoms with E-state index in [2.05, 4.69) is 6.07 Å². The molecule has 64 valence electrons. The van der Waals surface area contributed by atoms with E-state index in [1.807, 2.05) is 18.9 Å². The van der Waals surface area contributed by atoms with Gasteiger partial charge in [-0.15, -0.1) is 0 Å². The number of ether oxygens (including phenoxy) is 1. The predicted octanol–water partition coefficient (Wildman–Crippen LogP) is 0.867. The lowest BCUT2D eigenvalue weighted by atomic mass is 10.3. The normalized spacial score (nSPS) is 13.0. The lowest BCUT2D eigenvalue weighted by Gasteiger charge is -2.17. The summed E-state index contributed by atoms with van der Waals surface area (Å²) >= 11 is 0. The van der Waals surface area contributed by atoms with Gasteiger partial charge in [0.25, 0.3) is 0 Å².